The fourth-order valence-electron chi connectivity index (χ4n) is 5.66. The van der Waals surface area contributed by atoms with Gasteiger partial charge < -0.3 is 4.90 Å². The maximum Gasteiger partial charge on any atom is 0.259 e. The molecule has 2 saturated heterocycles. The summed E-state index contributed by atoms with van der Waals surface area (Å²) in [6.45, 7) is 3.47. The average Bonchev–Trinajstić information content (AvgIpc) is 3.19. The Hall–Kier alpha value is -4.29. The average molecular weight is 498 g/mol. The molecule has 9 heteroatoms. The molecule has 2 fully saturated rings. The zero-order valence-electron chi connectivity index (χ0n) is 20.0. The number of hydrogen-bond acceptors (Lipinski definition) is 6. The van der Waals surface area contributed by atoms with Gasteiger partial charge in [0.05, 0.1) is 23.0 Å². The highest BCUT2D eigenvalue weighted by Crippen LogP contribution is 2.41. The first-order valence-corrected chi connectivity index (χ1v) is 12.3. The smallest absolute Gasteiger partial charge is 0.259 e. The number of hydrogen-bond donors (Lipinski definition) is 1. The summed E-state index contributed by atoms with van der Waals surface area (Å²) in [5, 5.41) is 13.1. The molecule has 8 nitrogen and oxygen atoms in total. The third kappa shape index (κ3) is 3.90. The molecule has 1 N–H and O–H groups in total. The van der Waals surface area contributed by atoms with Crippen LogP contribution in [0.2, 0.25) is 0 Å². The molecule has 1 unspecified atom stereocenters. The predicted octanol–water partition coefficient (Wildman–Crippen LogP) is 2.94. The number of carbonyl (C=O) groups is 3. The van der Waals surface area contributed by atoms with Crippen LogP contribution in [0.15, 0.2) is 48.5 Å². The first kappa shape index (κ1) is 23.1. The molecular formula is C28H24FN5O3. The van der Waals surface area contributed by atoms with Crippen molar-refractivity contribution in [3.63, 3.8) is 0 Å². The van der Waals surface area contributed by atoms with Gasteiger partial charge in [-0.3, -0.25) is 29.5 Å². The lowest BCUT2D eigenvalue weighted by atomic mass is 9.99. The van der Waals surface area contributed by atoms with Crippen molar-refractivity contribution in [3.8, 4) is 6.07 Å². The van der Waals surface area contributed by atoms with Gasteiger partial charge in [-0.15, -0.1) is 0 Å². The molecule has 3 aromatic carbocycles. The number of piperidine rings is 1. The first-order valence-electron chi connectivity index (χ1n) is 12.3. The van der Waals surface area contributed by atoms with Crippen LogP contribution in [-0.2, 0) is 16.1 Å². The van der Waals surface area contributed by atoms with Gasteiger partial charge in [-0.1, -0.05) is 18.2 Å². The van der Waals surface area contributed by atoms with Crippen molar-refractivity contribution in [1.82, 2.24) is 10.2 Å². The lowest BCUT2D eigenvalue weighted by molar-refractivity contribution is -0.134. The van der Waals surface area contributed by atoms with Crippen molar-refractivity contribution in [3.05, 3.63) is 71.0 Å². The highest BCUT2D eigenvalue weighted by atomic mass is 19.1. The Labute approximate surface area is 212 Å². The number of benzene rings is 3. The molecular weight excluding hydrogens is 473 g/mol. The molecule has 1 atom stereocenters. The molecule has 6 rings (SSSR count). The SMILES string of the molecule is N#Cc1ccc(N2CCN(Cc3ccc4c5c(cccc35)C(=O)N4C3CCC(=O)NC3=O)CC2)c(F)c1. The van der Waals surface area contributed by atoms with Crippen molar-refractivity contribution in [2.24, 2.45) is 0 Å². The van der Waals surface area contributed by atoms with Gasteiger partial charge in [0, 0.05) is 50.1 Å². The van der Waals surface area contributed by atoms with Crippen molar-refractivity contribution >= 4 is 39.9 Å². The number of rotatable bonds is 4. The Balaban J connectivity index is 1.22. The van der Waals surface area contributed by atoms with E-state index in [9.17, 15) is 18.8 Å². The molecule has 3 amide bonds. The summed E-state index contributed by atoms with van der Waals surface area (Å²) in [7, 11) is 0. The first-order chi connectivity index (χ1) is 17.9. The minimum Gasteiger partial charge on any atom is -0.367 e. The summed E-state index contributed by atoms with van der Waals surface area (Å²) in [4.78, 5) is 43.3. The molecule has 0 saturated carbocycles. The Morgan fingerprint density at radius 2 is 1.78 bits per heavy atom. The van der Waals surface area contributed by atoms with E-state index in [2.05, 4.69) is 10.2 Å². The molecule has 0 bridgehead atoms. The molecule has 186 valence electrons. The van der Waals surface area contributed by atoms with Crippen LogP contribution < -0.4 is 15.1 Å². The number of piperazine rings is 1. The van der Waals surface area contributed by atoms with E-state index >= 15 is 0 Å². The van der Waals surface area contributed by atoms with Gasteiger partial charge in [0.2, 0.25) is 11.8 Å². The second-order valence-corrected chi connectivity index (χ2v) is 9.66. The Morgan fingerprint density at radius 3 is 2.51 bits per heavy atom. The van der Waals surface area contributed by atoms with E-state index in [1.807, 2.05) is 35.2 Å². The summed E-state index contributed by atoms with van der Waals surface area (Å²) in [5.41, 5.74) is 3.17. The number of halogens is 1. The molecule has 37 heavy (non-hydrogen) atoms. The minimum atomic E-state index is -0.706. The lowest BCUT2D eigenvalue weighted by Crippen LogP contribution is -2.53. The molecule has 0 aromatic heterocycles. The Morgan fingerprint density at radius 1 is 1.00 bits per heavy atom. The molecule has 3 aliphatic heterocycles. The molecule has 3 aliphatic rings. The topological polar surface area (TPSA) is 96.8 Å². The number of imide groups is 1. The van der Waals surface area contributed by atoms with Crippen LogP contribution in [0, 0.1) is 17.1 Å². The van der Waals surface area contributed by atoms with E-state index in [4.69, 9.17) is 5.26 Å². The zero-order chi connectivity index (χ0) is 25.7. The van der Waals surface area contributed by atoms with Gasteiger partial charge in [0.15, 0.2) is 0 Å². The van der Waals surface area contributed by atoms with E-state index in [1.165, 1.54) is 11.0 Å². The normalized spacial score (nSPS) is 19.9. The molecule has 0 spiro atoms. The van der Waals surface area contributed by atoms with Crippen LogP contribution in [0.1, 0.15) is 34.3 Å². The standard InChI is InChI=1S/C28H24FN5O3/c29-21-14-17(15-30)4-6-22(21)33-12-10-32(11-13-33)16-18-5-7-23-26-19(18)2-1-3-20(26)28(37)34(23)24-8-9-25(35)31-27(24)36/h1-7,14,24H,8-13,16H2,(H,31,35,36). The number of anilines is 2. The van der Waals surface area contributed by atoms with Crippen LogP contribution in [0.4, 0.5) is 15.8 Å². The number of carbonyl (C=O) groups excluding carboxylic acids is 3. The predicted molar refractivity (Wildman–Crippen MR) is 136 cm³/mol. The minimum absolute atomic E-state index is 0.204. The van der Waals surface area contributed by atoms with Crippen molar-refractivity contribution in [2.45, 2.75) is 25.4 Å². The number of nitriles is 1. The van der Waals surface area contributed by atoms with Gasteiger partial charge >= 0.3 is 0 Å². The van der Waals surface area contributed by atoms with E-state index < -0.39 is 11.9 Å². The lowest BCUT2D eigenvalue weighted by Gasteiger charge is -2.36. The van der Waals surface area contributed by atoms with Crippen LogP contribution >= 0.6 is 0 Å². The second-order valence-electron chi connectivity index (χ2n) is 9.66. The van der Waals surface area contributed by atoms with Crippen LogP contribution in [-0.4, -0.2) is 54.8 Å². The third-order valence-electron chi connectivity index (χ3n) is 7.52. The van der Waals surface area contributed by atoms with E-state index in [-0.39, 0.29) is 24.1 Å². The highest BCUT2D eigenvalue weighted by Gasteiger charge is 2.40. The van der Waals surface area contributed by atoms with Crippen molar-refractivity contribution in [1.29, 1.82) is 5.26 Å². The zero-order valence-corrected chi connectivity index (χ0v) is 20.0. The van der Waals surface area contributed by atoms with E-state index in [0.717, 1.165) is 29.4 Å². The maximum absolute atomic E-state index is 14.5. The molecule has 3 aromatic rings. The Kier molecular flexibility index (Phi) is 5.61. The largest absolute Gasteiger partial charge is 0.367 e. The van der Waals surface area contributed by atoms with E-state index in [1.54, 1.807) is 18.2 Å². The van der Waals surface area contributed by atoms with Gasteiger partial charge in [0.1, 0.15) is 11.9 Å². The Bertz CT molecular complexity index is 1510. The number of nitrogens with zero attached hydrogens (tertiary/aromatic N) is 4. The summed E-state index contributed by atoms with van der Waals surface area (Å²) < 4.78 is 14.5. The van der Waals surface area contributed by atoms with Gasteiger partial charge in [-0.25, -0.2) is 4.39 Å². The van der Waals surface area contributed by atoms with Crippen LogP contribution in [0.3, 0.4) is 0 Å². The van der Waals surface area contributed by atoms with Crippen LogP contribution in [0.5, 0.6) is 0 Å². The number of nitrogens with one attached hydrogen (secondary N) is 1. The molecule has 3 heterocycles. The molecule has 0 radical (unpaired) electrons. The summed E-state index contributed by atoms with van der Waals surface area (Å²) in [5.74, 6) is -1.35. The van der Waals surface area contributed by atoms with Gasteiger partial charge in [-0.05, 0) is 47.7 Å². The monoisotopic (exact) mass is 497 g/mol. The maximum atomic E-state index is 14.5. The van der Waals surface area contributed by atoms with Crippen LogP contribution in [0.25, 0.3) is 10.8 Å². The fourth-order valence-corrected chi connectivity index (χ4v) is 5.66. The van der Waals surface area contributed by atoms with Gasteiger partial charge in [0.25, 0.3) is 5.91 Å². The second kappa shape index (κ2) is 8.98. The fraction of sp³-hybridized carbons (Fsp3) is 0.286. The molecule has 0 aliphatic carbocycles. The summed E-state index contributed by atoms with van der Waals surface area (Å²) in [6, 6.07) is 15.4. The third-order valence-corrected chi connectivity index (χ3v) is 7.52. The van der Waals surface area contributed by atoms with Crippen molar-refractivity contribution in [2.75, 3.05) is 36.0 Å². The number of amides is 3. The summed E-state index contributed by atoms with van der Waals surface area (Å²) in [6.07, 6.45) is 0.508. The van der Waals surface area contributed by atoms with Crippen molar-refractivity contribution < 1.29 is 18.8 Å². The van der Waals surface area contributed by atoms with E-state index in [0.29, 0.717) is 48.6 Å². The highest BCUT2D eigenvalue weighted by molar-refractivity contribution is 6.27. The summed E-state index contributed by atoms with van der Waals surface area (Å²) >= 11 is 0. The van der Waals surface area contributed by atoms with Gasteiger partial charge in [-0.2, -0.15) is 5.26 Å². The quantitative estimate of drug-likeness (QED) is 0.557.